The molecule has 1 aromatic rings. The van der Waals surface area contributed by atoms with Crippen LogP contribution in [0, 0.1) is 0 Å². The fourth-order valence-corrected chi connectivity index (χ4v) is 1.37. The van der Waals surface area contributed by atoms with Crippen molar-refractivity contribution < 1.29 is 9.47 Å². The minimum Gasteiger partial charge on any atom is -0.491 e. The van der Waals surface area contributed by atoms with Gasteiger partial charge in [0, 0.05) is 6.42 Å². The van der Waals surface area contributed by atoms with Crippen LogP contribution in [0.4, 0.5) is 0 Å². The van der Waals surface area contributed by atoms with Crippen LogP contribution in [0.1, 0.15) is 13.3 Å². The van der Waals surface area contributed by atoms with Gasteiger partial charge in [-0.15, -0.1) is 0 Å². The van der Waals surface area contributed by atoms with Crippen molar-refractivity contribution in [3.63, 3.8) is 0 Å². The molecular weight excluding hydrogens is 259 g/mol. The molecule has 0 heterocycles. The van der Waals surface area contributed by atoms with Gasteiger partial charge in [-0.1, -0.05) is 41.4 Å². The van der Waals surface area contributed by atoms with Crippen molar-refractivity contribution >= 4 is 23.2 Å². The molecule has 1 aromatic carbocycles. The van der Waals surface area contributed by atoms with Gasteiger partial charge in [-0.25, -0.2) is 0 Å². The number of para-hydroxylation sites is 1. The van der Waals surface area contributed by atoms with Crippen molar-refractivity contribution in [2.24, 2.45) is 0 Å². The predicted molar refractivity (Wildman–Crippen MR) is 71.8 cm³/mol. The summed E-state index contributed by atoms with van der Waals surface area (Å²) in [5.74, 6) is 0.878. The molecule has 0 bridgehead atoms. The van der Waals surface area contributed by atoms with Crippen molar-refractivity contribution in [2.75, 3.05) is 13.2 Å². The SMILES string of the molecule is CC(CCOCC=C(Cl)Cl)Oc1ccccc1. The Kier molecular flexibility index (Phi) is 7.10. The molecular formula is C13H16Cl2O2. The van der Waals surface area contributed by atoms with Gasteiger partial charge in [0.1, 0.15) is 10.2 Å². The Bertz CT molecular complexity index is 335. The standard InChI is InChI=1S/C13H16Cl2O2/c1-11(7-9-16-10-8-13(14)15)17-12-5-3-2-4-6-12/h2-6,8,11H,7,9-10H2,1H3. The van der Waals surface area contributed by atoms with E-state index in [-0.39, 0.29) is 10.6 Å². The third kappa shape index (κ3) is 7.27. The largest absolute Gasteiger partial charge is 0.491 e. The molecule has 1 rings (SSSR count). The van der Waals surface area contributed by atoms with Gasteiger partial charge in [0.05, 0.1) is 19.3 Å². The van der Waals surface area contributed by atoms with Gasteiger partial charge in [-0.2, -0.15) is 0 Å². The van der Waals surface area contributed by atoms with E-state index in [2.05, 4.69) is 0 Å². The van der Waals surface area contributed by atoms with Crippen molar-refractivity contribution in [1.82, 2.24) is 0 Å². The molecule has 0 radical (unpaired) electrons. The highest BCUT2D eigenvalue weighted by Crippen LogP contribution is 2.12. The summed E-state index contributed by atoms with van der Waals surface area (Å²) in [5, 5.41) is 0. The van der Waals surface area contributed by atoms with E-state index in [0.717, 1.165) is 12.2 Å². The average molecular weight is 275 g/mol. The molecule has 0 aliphatic carbocycles. The summed E-state index contributed by atoms with van der Waals surface area (Å²) >= 11 is 10.9. The van der Waals surface area contributed by atoms with Gasteiger partial charge in [0.25, 0.3) is 0 Å². The molecule has 0 saturated carbocycles. The Morgan fingerprint density at radius 2 is 2.00 bits per heavy atom. The molecule has 0 aliphatic heterocycles. The van der Waals surface area contributed by atoms with Crippen molar-refractivity contribution in [3.8, 4) is 5.75 Å². The quantitative estimate of drug-likeness (QED) is 0.695. The number of hydrogen-bond donors (Lipinski definition) is 0. The van der Waals surface area contributed by atoms with Crippen LogP contribution in [0.2, 0.25) is 0 Å². The Balaban J connectivity index is 2.13. The van der Waals surface area contributed by atoms with E-state index in [4.69, 9.17) is 32.7 Å². The zero-order chi connectivity index (χ0) is 12.5. The molecule has 0 aliphatic rings. The zero-order valence-electron chi connectivity index (χ0n) is 9.74. The van der Waals surface area contributed by atoms with Gasteiger partial charge in [0.2, 0.25) is 0 Å². The van der Waals surface area contributed by atoms with Crippen LogP contribution < -0.4 is 4.74 Å². The summed E-state index contributed by atoms with van der Waals surface area (Å²) in [7, 11) is 0. The van der Waals surface area contributed by atoms with E-state index >= 15 is 0 Å². The van der Waals surface area contributed by atoms with Gasteiger partial charge in [0.15, 0.2) is 0 Å². The molecule has 0 spiro atoms. The second kappa shape index (κ2) is 8.40. The maximum absolute atomic E-state index is 5.69. The van der Waals surface area contributed by atoms with Crippen molar-refractivity contribution in [1.29, 1.82) is 0 Å². The Morgan fingerprint density at radius 1 is 1.29 bits per heavy atom. The Morgan fingerprint density at radius 3 is 2.65 bits per heavy atom. The second-order valence-corrected chi connectivity index (χ2v) is 4.61. The predicted octanol–water partition coefficient (Wildman–Crippen LogP) is 4.18. The van der Waals surface area contributed by atoms with E-state index in [9.17, 15) is 0 Å². The monoisotopic (exact) mass is 274 g/mol. The minimum absolute atomic E-state index is 0.118. The summed E-state index contributed by atoms with van der Waals surface area (Å²) in [6, 6.07) is 9.74. The van der Waals surface area contributed by atoms with E-state index in [1.807, 2.05) is 37.3 Å². The molecule has 0 aromatic heterocycles. The first-order chi connectivity index (χ1) is 8.18. The minimum atomic E-state index is 0.118. The highest BCUT2D eigenvalue weighted by molar-refractivity contribution is 6.55. The first-order valence-electron chi connectivity index (χ1n) is 5.49. The fourth-order valence-electron chi connectivity index (χ4n) is 1.24. The molecule has 0 N–H and O–H groups in total. The van der Waals surface area contributed by atoms with Crippen LogP contribution in [-0.4, -0.2) is 19.3 Å². The molecule has 0 amide bonds. The van der Waals surface area contributed by atoms with E-state index in [1.54, 1.807) is 6.08 Å². The van der Waals surface area contributed by atoms with E-state index < -0.39 is 0 Å². The van der Waals surface area contributed by atoms with Crippen molar-refractivity contribution in [2.45, 2.75) is 19.4 Å². The summed E-state index contributed by atoms with van der Waals surface area (Å²) in [4.78, 5) is 0. The lowest BCUT2D eigenvalue weighted by Crippen LogP contribution is -2.14. The number of benzene rings is 1. The van der Waals surface area contributed by atoms with Crippen LogP contribution in [-0.2, 0) is 4.74 Å². The molecule has 0 saturated heterocycles. The third-order valence-electron chi connectivity index (χ3n) is 2.10. The lowest BCUT2D eigenvalue weighted by molar-refractivity contribution is 0.115. The summed E-state index contributed by atoms with van der Waals surface area (Å²) in [6.45, 7) is 3.06. The molecule has 1 unspecified atom stereocenters. The first kappa shape index (κ1) is 14.4. The molecule has 94 valence electrons. The normalized spacial score (nSPS) is 11.9. The third-order valence-corrected chi connectivity index (χ3v) is 2.41. The highest BCUT2D eigenvalue weighted by atomic mass is 35.5. The first-order valence-corrected chi connectivity index (χ1v) is 6.24. The molecule has 0 fully saturated rings. The number of hydrogen-bond acceptors (Lipinski definition) is 2. The van der Waals surface area contributed by atoms with E-state index in [0.29, 0.717) is 13.2 Å². The number of halogens is 2. The van der Waals surface area contributed by atoms with Gasteiger partial charge >= 0.3 is 0 Å². The topological polar surface area (TPSA) is 18.5 Å². The van der Waals surface area contributed by atoms with Gasteiger partial charge in [-0.3, -0.25) is 0 Å². The lowest BCUT2D eigenvalue weighted by atomic mass is 10.3. The molecule has 1 atom stereocenters. The van der Waals surface area contributed by atoms with Crippen LogP contribution in [0.15, 0.2) is 40.9 Å². The molecule has 17 heavy (non-hydrogen) atoms. The molecule has 2 nitrogen and oxygen atoms in total. The Hall–Kier alpha value is -0.700. The van der Waals surface area contributed by atoms with Crippen LogP contribution >= 0.6 is 23.2 Å². The summed E-state index contributed by atoms with van der Waals surface area (Å²) < 4.78 is 11.3. The van der Waals surface area contributed by atoms with Gasteiger partial charge in [-0.05, 0) is 25.1 Å². The Labute approximate surface area is 112 Å². The van der Waals surface area contributed by atoms with Crippen LogP contribution in [0.3, 0.4) is 0 Å². The van der Waals surface area contributed by atoms with E-state index in [1.165, 1.54) is 0 Å². The fraction of sp³-hybridized carbons (Fsp3) is 0.385. The van der Waals surface area contributed by atoms with Crippen LogP contribution in [0.5, 0.6) is 5.75 Å². The number of rotatable bonds is 7. The lowest BCUT2D eigenvalue weighted by Gasteiger charge is -2.14. The zero-order valence-corrected chi connectivity index (χ0v) is 11.2. The smallest absolute Gasteiger partial charge is 0.119 e. The molecule has 4 heteroatoms. The van der Waals surface area contributed by atoms with Crippen molar-refractivity contribution in [3.05, 3.63) is 40.9 Å². The summed E-state index contributed by atoms with van der Waals surface area (Å²) in [5.41, 5.74) is 0. The maximum atomic E-state index is 5.69. The second-order valence-electron chi connectivity index (χ2n) is 3.60. The number of ether oxygens (including phenoxy) is 2. The van der Waals surface area contributed by atoms with Crippen LogP contribution in [0.25, 0.3) is 0 Å². The highest BCUT2D eigenvalue weighted by Gasteiger charge is 2.03. The average Bonchev–Trinajstić information content (AvgIpc) is 2.29. The summed E-state index contributed by atoms with van der Waals surface area (Å²) in [6.07, 6.45) is 2.56. The van der Waals surface area contributed by atoms with Gasteiger partial charge < -0.3 is 9.47 Å². The maximum Gasteiger partial charge on any atom is 0.119 e.